The standard InChI is InChI=1S/C31H32N8OS/c1-21(22-5-6-22)27-18-23-19-33-30(34-24-7-9-25(10-8-24)37-15-13-36(2)14-16-37)35-28(23)39(29(27)40)20-26-4-3-12-38(26)31-32-11-17-41-31/h3-4,7-12,17-19,22H,1,5-6,13-16,20H2,2H3,(H,33,34,35). The average Bonchev–Trinajstić information content (AvgIpc) is 3.49. The van der Waals surface area contributed by atoms with Gasteiger partial charge in [-0.1, -0.05) is 6.58 Å². The minimum atomic E-state index is -0.0810. The normalized spacial score (nSPS) is 15.9. The molecule has 1 aliphatic carbocycles. The Morgan fingerprint density at radius 3 is 2.63 bits per heavy atom. The van der Waals surface area contributed by atoms with Crippen molar-refractivity contribution < 1.29 is 0 Å². The van der Waals surface area contributed by atoms with Crippen LogP contribution in [0.2, 0.25) is 0 Å². The quantitative estimate of drug-likeness (QED) is 0.284. The molecular formula is C31H32N8OS. The van der Waals surface area contributed by atoms with Crippen molar-refractivity contribution in [3.8, 4) is 5.13 Å². The van der Waals surface area contributed by atoms with E-state index in [9.17, 15) is 4.79 Å². The van der Waals surface area contributed by atoms with E-state index < -0.39 is 0 Å². The smallest absolute Gasteiger partial charge is 0.260 e. The van der Waals surface area contributed by atoms with Crippen LogP contribution in [0.5, 0.6) is 0 Å². The van der Waals surface area contributed by atoms with E-state index in [2.05, 4.69) is 63.0 Å². The molecule has 2 fully saturated rings. The molecule has 0 radical (unpaired) electrons. The molecule has 1 N–H and O–H groups in total. The van der Waals surface area contributed by atoms with E-state index in [1.807, 2.05) is 34.3 Å². The summed E-state index contributed by atoms with van der Waals surface area (Å²) in [5.74, 6) is 0.825. The van der Waals surface area contributed by atoms with Crippen LogP contribution in [0.3, 0.4) is 0 Å². The largest absolute Gasteiger partial charge is 0.369 e. The number of nitrogens with zero attached hydrogens (tertiary/aromatic N) is 7. The summed E-state index contributed by atoms with van der Waals surface area (Å²) in [5.41, 5.74) is 5.12. The number of allylic oxidation sites excluding steroid dienone is 1. The van der Waals surface area contributed by atoms with Gasteiger partial charge in [0.15, 0.2) is 5.13 Å². The Morgan fingerprint density at radius 1 is 1.10 bits per heavy atom. The summed E-state index contributed by atoms with van der Waals surface area (Å²) in [5, 5.41) is 6.96. The average molecular weight is 565 g/mol. The fourth-order valence-corrected chi connectivity index (χ4v) is 6.08. The molecule has 0 amide bonds. The fourth-order valence-electron chi connectivity index (χ4n) is 5.43. The second-order valence-corrected chi connectivity index (χ2v) is 11.7. The molecule has 0 spiro atoms. The van der Waals surface area contributed by atoms with Gasteiger partial charge in [0.1, 0.15) is 5.65 Å². The van der Waals surface area contributed by atoms with E-state index in [0.29, 0.717) is 29.6 Å². The number of rotatable bonds is 8. The minimum absolute atomic E-state index is 0.0810. The molecule has 0 unspecified atom stereocenters. The van der Waals surface area contributed by atoms with Gasteiger partial charge in [-0.3, -0.25) is 13.9 Å². The molecule has 1 saturated carbocycles. The molecule has 1 saturated heterocycles. The summed E-state index contributed by atoms with van der Waals surface area (Å²) in [6.45, 7) is 8.81. The van der Waals surface area contributed by atoms with Gasteiger partial charge >= 0.3 is 0 Å². The number of benzene rings is 1. The molecular weight excluding hydrogens is 532 g/mol. The molecule has 1 aliphatic heterocycles. The maximum absolute atomic E-state index is 13.9. The van der Waals surface area contributed by atoms with Crippen molar-refractivity contribution in [3.05, 3.63) is 94.6 Å². The van der Waals surface area contributed by atoms with Crippen LogP contribution in [0.25, 0.3) is 21.7 Å². The van der Waals surface area contributed by atoms with Crippen LogP contribution >= 0.6 is 11.3 Å². The van der Waals surface area contributed by atoms with E-state index >= 15 is 0 Å². The van der Waals surface area contributed by atoms with Crippen LogP contribution in [0.1, 0.15) is 24.1 Å². The molecule has 0 atom stereocenters. The van der Waals surface area contributed by atoms with Gasteiger partial charge in [0.05, 0.1) is 6.54 Å². The first-order chi connectivity index (χ1) is 20.0. The van der Waals surface area contributed by atoms with Crippen LogP contribution in [0.4, 0.5) is 17.3 Å². The Bertz CT molecular complexity index is 1760. The van der Waals surface area contributed by atoms with Crippen molar-refractivity contribution in [3.63, 3.8) is 0 Å². The maximum atomic E-state index is 13.9. The van der Waals surface area contributed by atoms with Gasteiger partial charge in [0, 0.05) is 78.2 Å². The van der Waals surface area contributed by atoms with Crippen molar-refractivity contribution in [1.82, 2.24) is 29.0 Å². The lowest BCUT2D eigenvalue weighted by Gasteiger charge is -2.34. The SMILES string of the molecule is C=C(c1cc2cnc(Nc3ccc(N4CCN(C)CC4)cc3)nc2n(Cc2cccn2-c2nccs2)c1=O)C1CC1. The molecule has 5 aromatic rings. The summed E-state index contributed by atoms with van der Waals surface area (Å²) in [7, 11) is 2.16. The third-order valence-electron chi connectivity index (χ3n) is 8.01. The molecule has 208 valence electrons. The van der Waals surface area contributed by atoms with Gasteiger partial charge in [-0.15, -0.1) is 11.3 Å². The molecule has 9 nitrogen and oxygen atoms in total. The predicted octanol–water partition coefficient (Wildman–Crippen LogP) is 5.01. The zero-order chi connectivity index (χ0) is 27.9. The number of aromatic nitrogens is 5. The van der Waals surface area contributed by atoms with Crippen molar-refractivity contribution in [2.75, 3.05) is 43.4 Å². The van der Waals surface area contributed by atoms with Gasteiger partial charge < -0.3 is 15.1 Å². The van der Waals surface area contributed by atoms with E-state index in [1.165, 1.54) is 5.69 Å². The van der Waals surface area contributed by atoms with E-state index in [-0.39, 0.29) is 5.56 Å². The number of anilines is 3. The van der Waals surface area contributed by atoms with Crippen LogP contribution in [0.15, 0.2) is 77.8 Å². The molecule has 41 heavy (non-hydrogen) atoms. The molecule has 10 heteroatoms. The summed E-state index contributed by atoms with van der Waals surface area (Å²) in [6.07, 6.45) is 7.71. The van der Waals surface area contributed by atoms with Crippen molar-refractivity contribution >= 4 is 45.3 Å². The Hall–Kier alpha value is -4.28. The molecule has 2 aliphatic rings. The Labute approximate surface area is 242 Å². The third-order valence-corrected chi connectivity index (χ3v) is 8.78. The number of nitrogens with one attached hydrogen (secondary N) is 1. The first kappa shape index (κ1) is 25.7. The highest BCUT2D eigenvalue weighted by Gasteiger charge is 2.28. The third kappa shape index (κ3) is 5.16. The summed E-state index contributed by atoms with van der Waals surface area (Å²) in [6, 6.07) is 14.3. The van der Waals surface area contributed by atoms with E-state index in [0.717, 1.165) is 66.5 Å². The zero-order valence-corrected chi connectivity index (χ0v) is 23.8. The highest BCUT2D eigenvalue weighted by molar-refractivity contribution is 7.12. The lowest BCUT2D eigenvalue weighted by molar-refractivity contribution is 0.313. The Kier molecular flexibility index (Phi) is 6.64. The number of thiazole rings is 1. The predicted molar refractivity (Wildman–Crippen MR) is 166 cm³/mol. The second-order valence-electron chi connectivity index (χ2n) is 10.9. The van der Waals surface area contributed by atoms with Crippen LogP contribution in [-0.4, -0.2) is 62.2 Å². The summed E-state index contributed by atoms with van der Waals surface area (Å²) in [4.78, 5) is 32.6. The van der Waals surface area contributed by atoms with Crippen LogP contribution in [-0.2, 0) is 6.54 Å². The van der Waals surface area contributed by atoms with E-state index in [4.69, 9.17) is 4.98 Å². The van der Waals surface area contributed by atoms with Crippen molar-refractivity contribution in [2.45, 2.75) is 19.4 Å². The first-order valence-corrected chi connectivity index (χ1v) is 14.9. The second kappa shape index (κ2) is 10.6. The number of piperazine rings is 1. The fraction of sp³-hybridized carbons (Fsp3) is 0.290. The number of pyridine rings is 1. The topological polar surface area (TPSA) is 84.1 Å². The van der Waals surface area contributed by atoms with Gasteiger partial charge in [0.25, 0.3) is 5.56 Å². The Balaban J connectivity index is 1.23. The molecule has 5 heterocycles. The number of hydrogen-bond acceptors (Lipinski definition) is 8. The molecule has 4 aromatic heterocycles. The van der Waals surface area contributed by atoms with Crippen molar-refractivity contribution in [2.24, 2.45) is 5.92 Å². The lowest BCUT2D eigenvalue weighted by atomic mass is 10.0. The highest BCUT2D eigenvalue weighted by Crippen LogP contribution is 2.40. The number of fused-ring (bicyclic) bond motifs is 1. The molecule has 0 bridgehead atoms. The number of likely N-dealkylation sites (N-methyl/N-ethyl adjacent to an activating group) is 1. The highest BCUT2D eigenvalue weighted by atomic mass is 32.1. The minimum Gasteiger partial charge on any atom is -0.369 e. The molecule has 7 rings (SSSR count). The van der Waals surface area contributed by atoms with Gasteiger partial charge in [-0.2, -0.15) is 4.98 Å². The van der Waals surface area contributed by atoms with Gasteiger partial charge in [-0.05, 0) is 73.8 Å². The summed E-state index contributed by atoms with van der Waals surface area (Å²) < 4.78 is 3.77. The molecule has 1 aromatic carbocycles. The van der Waals surface area contributed by atoms with Crippen molar-refractivity contribution in [1.29, 1.82) is 0 Å². The van der Waals surface area contributed by atoms with Gasteiger partial charge in [-0.25, -0.2) is 9.97 Å². The van der Waals surface area contributed by atoms with Crippen LogP contribution in [0, 0.1) is 5.92 Å². The number of hydrogen-bond donors (Lipinski definition) is 1. The summed E-state index contributed by atoms with van der Waals surface area (Å²) >= 11 is 1.56. The zero-order valence-electron chi connectivity index (χ0n) is 23.0. The van der Waals surface area contributed by atoms with Gasteiger partial charge in [0.2, 0.25) is 5.95 Å². The monoisotopic (exact) mass is 564 g/mol. The lowest BCUT2D eigenvalue weighted by Crippen LogP contribution is -2.44. The van der Waals surface area contributed by atoms with Crippen LogP contribution < -0.4 is 15.8 Å². The van der Waals surface area contributed by atoms with E-state index in [1.54, 1.807) is 28.3 Å². The maximum Gasteiger partial charge on any atom is 0.260 e. The Morgan fingerprint density at radius 2 is 1.90 bits per heavy atom. The first-order valence-electron chi connectivity index (χ1n) is 14.0.